The third kappa shape index (κ3) is 4.02. The van der Waals surface area contributed by atoms with Crippen molar-refractivity contribution in [2.45, 2.75) is 0 Å². The highest BCUT2D eigenvalue weighted by Gasteiger charge is 2.07. The van der Waals surface area contributed by atoms with Gasteiger partial charge in [-0.1, -0.05) is 0 Å². The third-order valence-electron chi connectivity index (χ3n) is 2.76. The van der Waals surface area contributed by atoms with E-state index in [1.807, 2.05) is 0 Å². The Bertz CT molecular complexity index is 702. The Morgan fingerprint density at radius 2 is 1.59 bits per heavy atom. The molecule has 0 spiro atoms. The van der Waals surface area contributed by atoms with Gasteiger partial charge in [0.2, 0.25) is 0 Å². The first kappa shape index (κ1) is 15.4. The van der Waals surface area contributed by atoms with E-state index in [-0.39, 0.29) is 5.56 Å². The van der Waals surface area contributed by atoms with E-state index in [1.165, 1.54) is 18.2 Å². The van der Waals surface area contributed by atoms with Gasteiger partial charge in [-0.05, 0) is 36.4 Å². The van der Waals surface area contributed by atoms with Crippen LogP contribution in [0.2, 0.25) is 0 Å². The van der Waals surface area contributed by atoms with Crippen LogP contribution < -0.4 is 10.6 Å². The highest BCUT2D eigenvalue weighted by Crippen LogP contribution is 2.19. The summed E-state index contributed by atoms with van der Waals surface area (Å²) in [5, 5.41) is 13.6. The molecule has 114 valence electrons. The number of anilines is 2. The first-order valence-electron chi connectivity index (χ1n) is 6.28. The zero-order chi connectivity index (χ0) is 16.1. The van der Waals surface area contributed by atoms with E-state index in [2.05, 4.69) is 10.6 Å². The highest BCUT2D eigenvalue weighted by atomic mass is 19.2. The van der Waals surface area contributed by atoms with E-state index < -0.39 is 30.1 Å². The Hall–Kier alpha value is -2.96. The number of hydrogen-bond acceptors (Lipinski definition) is 3. The van der Waals surface area contributed by atoms with Crippen molar-refractivity contribution < 1.29 is 23.5 Å². The van der Waals surface area contributed by atoms with E-state index in [0.717, 1.165) is 12.1 Å². The van der Waals surface area contributed by atoms with E-state index in [1.54, 1.807) is 12.1 Å². The summed E-state index contributed by atoms with van der Waals surface area (Å²) in [6.07, 6.45) is 0. The fraction of sp³-hybridized carbons (Fsp3) is 0.0667. The van der Waals surface area contributed by atoms with Crippen molar-refractivity contribution in [1.29, 1.82) is 0 Å². The number of amides is 1. The van der Waals surface area contributed by atoms with Gasteiger partial charge in [0.05, 0.1) is 0 Å². The summed E-state index contributed by atoms with van der Waals surface area (Å²) in [7, 11) is 0. The number of nitrogens with one attached hydrogen (secondary N) is 2. The zero-order valence-electron chi connectivity index (χ0n) is 11.3. The number of halogens is 2. The highest BCUT2D eigenvalue weighted by molar-refractivity contribution is 5.96. The van der Waals surface area contributed by atoms with Crippen molar-refractivity contribution in [3.05, 3.63) is 59.7 Å². The van der Waals surface area contributed by atoms with Gasteiger partial charge in [-0.25, -0.2) is 8.78 Å². The standard InChI is InChI=1S/C15H12F2N2O3/c16-12-6-5-11(7-13(12)17)19-10-3-1-9(2-4-10)15(22)18-8-14(20)21/h1-7,19H,8H2,(H,18,22)(H,20,21). The van der Waals surface area contributed by atoms with Crippen LogP contribution in [0.1, 0.15) is 10.4 Å². The van der Waals surface area contributed by atoms with Crippen molar-refractivity contribution >= 4 is 23.3 Å². The van der Waals surface area contributed by atoms with Crippen LogP contribution in [0, 0.1) is 11.6 Å². The second-order valence-electron chi connectivity index (χ2n) is 4.41. The predicted octanol–water partition coefficient (Wildman–Crippen LogP) is 2.52. The maximum Gasteiger partial charge on any atom is 0.322 e. The number of carbonyl (C=O) groups excluding carboxylic acids is 1. The van der Waals surface area contributed by atoms with Crippen molar-refractivity contribution in [3.63, 3.8) is 0 Å². The minimum absolute atomic E-state index is 0.289. The molecule has 2 rings (SSSR count). The summed E-state index contributed by atoms with van der Waals surface area (Å²) in [4.78, 5) is 22.0. The molecule has 0 aliphatic carbocycles. The van der Waals surface area contributed by atoms with Gasteiger partial charge in [0.1, 0.15) is 6.54 Å². The molecule has 5 nitrogen and oxygen atoms in total. The van der Waals surface area contributed by atoms with Crippen LogP contribution in [0.3, 0.4) is 0 Å². The topological polar surface area (TPSA) is 78.4 Å². The van der Waals surface area contributed by atoms with E-state index >= 15 is 0 Å². The fourth-order valence-corrected chi connectivity index (χ4v) is 1.70. The van der Waals surface area contributed by atoms with Crippen LogP contribution >= 0.6 is 0 Å². The van der Waals surface area contributed by atoms with E-state index in [9.17, 15) is 18.4 Å². The lowest BCUT2D eigenvalue weighted by atomic mass is 10.2. The third-order valence-corrected chi connectivity index (χ3v) is 2.76. The molecular weight excluding hydrogens is 294 g/mol. The Balaban J connectivity index is 2.03. The molecular formula is C15H12F2N2O3. The van der Waals surface area contributed by atoms with Gasteiger partial charge in [0.25, 0.3) is 5.91 Å². The van der Waals surface area contributed by atoms with Crippen LogP contribution in [0.4, 0.5) is 20.2 Å². The molecule has 1 amide bonds. The number of benzene rings is 2. The van der Waals surface area contributed by atoms with E-state index in [4.69, 9.17) is 5.11 Å². The van der Waals surface area contributed by atoms with Crippen LogP contribution in [0.15, 0.2) is 42.5 Å². The summed E-state index contributed by atoms with van der Waals surface area (Å²) < 4.78 is 25.9. The maximum absolute atomic E-state index is 13.1. The molecule has 0 aliphatic heterocycles. The molecule has 2 aromatic carbocycles. The SMILES string of the molecule is O=C(O)CNC(=O)c1ccc(Nc2ccc(F)c(F)c2)cc1. The average molecular weight is 306 g/mol. The average Bonchev–Trinajstić information content (AvgIpc) is 2.49. The summed E-state index contributed by atoms with van der Waals surface area (Å²) in [5.41, 5.74) is 1.22. The Morgan fingerprint density at radius 3 is 2.18 bits per heavy atom. The summed E-state index contributed by atoms with van der Waals surface area (Å²) in [5.74, 6) is -3.54. The molecule has 7 heteroatoms. The van der Waals surface area contributed by atoms with Gasteiger partial charge in [-0.15, -0.1) is 0 Å². The lowest BCUT2D eigenvalue weighted by molar-refractivity contribution is -0.135. The minimum atomic E-state index is -1.13. The van der Waals surface area contributed by atoms with Gasteiger partial charge in [-0.3, -0.25) is 9.59 Å². The molecule has 0 saturated carbocycles. The molecule has 0 unspecified atom stereocenters. The second kappa shape index (κ2) is 6.66. The van der Waals surface area contributed by atoms with Gasteiger partial charge in [-0.2, -0.15) is 0 Å². The van der Waals surface area contributed by atoms with Crippen molar-refractivity contribution in [2.24, 2.45) is 0 Å². The Morgan fingerprint density at radius 1 is 0.955 bits per heavy atom. The normalized spacial score (nSPS) is 10.1. The van der Waals surface area contributed by atoms with Crippen LogP contribution in [-0.4, -0.2) is 23.5 Å². The van der Waals surface area contributed by atoms with Crippen LogP contribution in [0.25, 0.3) is 0 Å². The molecule has 3 N–H and O–H groups in total. The fourth-order valence-electron chi connectivity index (χ4n) is 1.70. The predicted molar refractivity (Wildman–Crippen MR) is 76.1 cm³/mol. The molecule has 0 heterocycles. The smallest absolute Gasteiger partial charge is 0.322 e. The number of rotatable bonds is 5. The molecule has 0 fully saturated rings. The number of carbonyl (C=O) groups is 2. The summed E-state index contributed by atoms with van der Waals surface area (Å²) in [6.45, 7) is -0.465. The molecule has 0 atom stereocenters. The van der Waals surface area contributed by atoms with Gasteiger partial charge < -0.3 is 15.7 Å². The maximum atomic E-state index is 13.1. The first-order chi connectivity index (χ1) is 10.5. The monoisotopic (exact) mass is 306 g/mol. The van der Waals surface area contributed by atoms with Crippen LogP contribution in [-0.2, 0) is 4.79 Å². The lowest BCUT2D eigenvalue weighted by Gasteiger charge is -2.08. The van der Waals surface area contributed by atoms with Gasteiger partial charge >= 0.3 is 5.97 Å². The molecule has 22 heavy (non-hydrogen) atoms. The largest absolute Gasteiger partial charge is 0.480 e. The Kier molecular flexibility index (Phi) is 4.67. The molecule has 0 aromatic heterocycles. The number of aliphatic carboxylic acids is 1. The molecule has 0 bridgehead atoms. The van der Waals surface area contributed by atoms with E-state index in [0.29, 0.717) is 11.4 Å². The van der Waals surface area contributed by atoms with Gasteiger partial charge in [0, 0.05) is 23.0 Å². The van der Waals surface area contributed by atoms with Crippen LogP contribution in [0.5, 0.6) is 0 Å². The first-order valence-corrected chi connectivity index (χ1v) is 6.28. The minimum Gasteiger partial charge on any atom is -0.480 e. The number of hydrogen-bond donors (Lipinski definition) is 3. The summed E-state index contributed by atoms with van der Waals surface area (Å²) >= 11 is 0. The quantitative estimate of drug-likeness (QED) is 0.793. The summed E-state index contributed by atoms with van der Waals surface area (Å²) in [6, 6.07) is 9.51. The molecule has 0 saturated heterocycles. The Labute approximate surface area is 124 Å². The van der Waals surface area contributed by atoms with Crippen molar-refractivity contribution in [3.8, 4) is 0 Å². The van der Waals surface area contributed by atoms with Crippen molar-refractivity contribution in [2.75, 3.05) is 11.9 Å². The zero-order valence-corrected chi connectivity index (χ0v) is 11.3. The van der Waals surface area contributed by atoms with Crippen molar-refractivity contribution in [1.82, 2.24) is 5.32 Å². The van der Waals surface area contributed by atoms with Gasteiger partial charge in [0.15, 0.2) is 11.6 Å². The lowest BCUT2D eigenvalue weighted by Crippen LogP contribution is -2.29. The number of carboxylic acid groups (broad SMARTS) is 1. The molecule has 0 radical (unpaired) electrons. The molecule has 0 aliphatic rings. The molecule has 2 aromatic rings. The number of carboxylic acids is 1. The second-order valence-corrected chi connectivity index (χ2v) is 4.41.